The standard InChI is InChI=1S/C11H9F3O4/c12-11(13,14)7-3-1-2-6(4-7)10-17-5-8(18-10)9(15)16/h1-4,8,10H,5H2,(H,15,16). The molecule has 7 heteroatoms. The highest BCUT2D eigenvalue weighted by atomic mass is 19.4. The summed E-state index contributed by atoms with van der Waals surface area (Å²) in [4.78, 5) is 10.6. The van der Waals surface area contributed by atoms with Crippen LogP contribution in [0.4, 0.5) is 13.2 Å². The average Bonchev–Trinajstić information content (AvgIpc) is 2.77. The summed E-state index contributed by atoms with van der Waals surface area (Å²) in [6, 6.07) is 4.42. The fourth-order valence-corrected chi connectivity index (χ4v) is 1.57. The van der Waals surface area contributed by atoms with Crippen molar-refractivity contribution in [2.45, 2.75) is 18.6 Å². The van der Waals surface area contributed by atoms with Crippen LogP contribution in [0.15, 0.2) is 24.3 Å². The molecule has 1 aromatic carbocycles. The third-order valence-corrected chi connectivity index (χ3v) is 2.45. The first kappa shape index (κ1) is 12.8. The van der Waals surface area contributed by atoms with Gasteiger partial charge in [-0.3, -0.25) is 0 Å². The van der Waals surface area contributed by atoms with Gasteiger partial charge in [-0.15, -0.1) is 0 Å². The number of carbonyl (C=O) groups is 1. The van der Waals surface area contributed by atoms with Crippen molar-refractivity contribution >= 4 is 5.97 Å². The fraction of sp³-hybridized carbons (Fsp3) is 0.364. The van der Waals surface area contributed by atoms with Crippen LogP contribution >= 0.6 is 0 Å². The van der Waals surface area contributed by atoms with Crippen molar-refractivity contribution in [3.8, 4) is 0 Å². The number of rotatable bonds is 2. The third-order valence-electron chi connectivity index (χ3n) is 2.45. The molecule has 4 nitrogen and oxygen atoms in total. The Bertz CT molecular complexity index is 458. The van der Waals surface area contributed by atoms with E-state index in [4.69, 9.17) is 14.6 Å². The summed E-state index contributed by atoms with van der Waals surface area (Å²) in [7, 11) is 0. The quantitative estimate of drug-likeness (QED) is 0.887. The highest BCUT2D eigenvalue weighted by molar-refractivity contribution is 5.72. The van der Waals surface area contributed by atoms with Gasteiger partial charge in [-0.1, -0.05) is 12.1 Å². The van der Waals surface area contributed by atoms with Crippen LogP contribution in [0.25, 0.3) is 0 Å². The van der Waals surface area contributed by atoms with Crippen LogP contribution in [0.5, 0.6) is 0 Å². The smallest absolute Gasteiger partial charge is 0.416 e. The van der Waals surface area contributed by atoms with Crippen LogP contribution in [-0.4, -0.2) is 23.8 Å². The van der Waals surface area contributed by atoms with E-state index in [2.05, 4.69) is 0 Å². The SMILES string of the molecule is O=C(O)C1COC(c2cccc(C(F)(F)F)c2)O1. The zero-order chi connectivity index (χ0) is 13.3. The van der Waals surface area contributed by atoms with Gasteiger partial charge in [0.05, 0.1) is 12.2 Å². The van der Waals surface area contributed by atoms with E-state index < -0.39 is 30.1 Å². The molecule has 1 saturated heterocycles. The summed E-state index contributed by atoms with van der Waals surface area (Å²) >= 11 is 0. The highest BCUT2D eigenvalue weighted by Gasteiger charge is 2.35. The molecule has 0 aromatic heterocycles. The molecular weight excluding hydrogens is 253 g/mol. The van der Waals surface area contributed by atoms with Gasteiger partial charge in [-0.2, -0.15) is 13.2 Å². The number of carboxylic acid groups (broad SMARTS) is 1. The summed E-state index contributed by atoms with van der Waals surface area (Å²) in [6.07, 6.45) is -6.68. The van der Waals surface area contributed by atoms with Gasteiger partial charge in [0, 0.05) is 5.56 Å². The Morgan fingerprint density at radius 2 is 2.11 bits per heavy atom. The molecule has 0 aliphatic carbocycles. The van der Waals surface area contributed by atoms with Crippen LogP contribution in [0.1, 0.15) is 17.4 Å². The second-order valence-corrected chi connectivity index (χ2v) is 3.75. The minimum atomic E-state index is -4.46. The molecule has 1 aliphatic heterocycles. The predicted molar refractivity (Wildman–Crippen MR) is 52.6 cm³/mol. The molecule has 1 N–H and O–H groups in total. The van der Waals surface area contributed by atoms with Gasteiger partial charge in [0.25, 0.3) is 0 Å². The molecule has 98 valence electrons. The Kier molecular flexibility index (Phi) is 3.27. The van der Waals surface area contributed by atoms with Crippen molar-refractivity contribution < 1.29 is 32.5 Å². The van der Waals surface area contributed by atoms with E-state index in [0.29, 0.717) is 0 Å². The number of carboxylic acids is 1. The second kappa shape index (κ2) is 4.58. The normalized spacial score (nSPS) is 24.2. The Labute approximate surface area is 99.9 Å². The van der Waals surface area contributed by atoms with Crippen LogP contribution in [0.2, 0.25) is 0 Å². The number of hydrogen-bond donors (Lipinski definition) is 1. The zero-order valence-corrected chi connectivity index (χ0v) is 8.98. The maximum Gasteiger partial charge on any atom is 0.416 e. The van der Waals surface area contributed by atoms with Crippen molar-refractivity contribution in [2.75, 3.05) is 6.61 Å². The van der Waals surface area contributed by atoms with Gasteiger partial charge in [0.1, 0.15) is 0 Å². The maximum absolute atomic E-state index is 12.5. The van der Waals surface area contributed by atoms with Crippen molar-refractivity contribution in [1.82, 2.24) is 0 Å². The van der Waals surface area contributed by atoms with E-state index in [1.54, 1.807) is 0 Å². The van der Waals surface area contributed by atoms with E-state index in [9.17, 15) is 18.0 Å². The number of hydrogen-bond acceptors (Lipinski definition) is 3. The van der Waals surface area contributed by atoms with E-state index in [1.807, 2.05) is 0 Å². The van der Waals surface area contributed by atoms with Crippen molar-refractivity contribution in [2.24, 2.45) is 0 Å². The van der Waals surface area contributed by atoms with Crippen LogP contribution < -0.4 is 0 Å². The molecule has 0 radical (unpaired) electrons. The highest BCUT2D eigenvalue weighted by Crippen LogP contribution is 2.33. The lowest BCUT2D eigenvalue weighted by molar-refractivity contribution is -0.151. The first-order valence-electron chi connectivity index (χ1n) is 5.05. The van der Waals surface area contributed by atoms with Crippen LogP contribution in [-0.2, 0) is 20.4 Å². The molecule has 1 fully saturated rings. The molecule has 0 bridgehead atoms. The molecule has 0 amide bonds. The second-order valence-electron chi connectivity index (χ2n) is 3.75. The summed E-state index contributed by atoms with van der Waals surface area (Å²) in [5, 5.41) is 8.68. The first-order valence-corrected chi connectivity index (χ1v) is 5.05. The molecule has 2 unspecified atom stereocenters. The number of ether oxygens (including phenoxy) is 2. The molecule has 0 spiro atoms. The number of benzene rings is 1. The fourth-order valence-electron chi connectivity index (χ4n) is 1.57. The first-order chi connectivity index (χ1) is 8.38. The van der Waals surface area contributed by atoms with Gasteiger partial charge in [-0.05, 0) is 12.1 Å². The monoisotopic (exact) mass is 262 g/mol. The summed E-state index contributed by atoms with van der Waals surface area (Å²) in [5.74, 6) is -1.20. The third kappa shape index (κ3) is 2.62. The van der Waals surface area contributed by atoms with Crippen LogP contribution in [0, 0.1) is 0 Å². The zero-order valence-electron chi connectivity index (χ0n) is 8.98. The lowest BCUT2D eigenvalue weighted by Crippen LogP contribution is -2.21. The van der Waals surface area contributed by atoms with Crippen molar-refractivity contribution in [3.63, 3.8) is 0 Å². The summed E-state index contributed by atoms with van der Waals surface area (Å²) < 4.78 is 47.4. The summed E-state index contributed by atoms with van der Waals surface area (Å²) in [5.41, 5.74) is -0.681. The summed E-state index contributed by atoms with van der Waals surface area (Å²) in [6.45, 7) is -0.184. The van der Waals surface area contributed by atoms with Gasteiger partial charge < -0.3 is 14.6 Å². The molecule has 2 atom stereocenters. The lowest BCUT2D eigenvalue weighted by atomic mass is 10.1. The van der Waals surface area contributed by atoms with Gasteiger partial charge >= 0.3 is 12.1 Å². The number of halogens is 3. The molecule has 1 aromatic rings. The maximum atomic E-state index is 12.5. The van der Waals surface area contributed by atoms with Gasteiger partial charge in [-0.25, -0.2) is 4.79 Å². The Hall–Kier alpha value is -1.60. The molecule has 1 heterocycles. The average molecular weight is 262 g/mol. The minimum Gasteiger partial charge on any atom is -0.479 e. The molecular formula is C11H9F3O4. The van der Waals surface area contributed by atoms with Gasteiger partial charge in [0.15, 0.2) is 12.4 Å². The van der Waals surface area contributed by atoms with E-state index in [0.717, 1.165) is 12.1 Å². The Morgan fingerprint density at radius 3 is 2.67 bits per heavy atom. The predicted octanol–water partition coefficient (Wildman–Crippen LogP) is 2.20. The molecule has 1 aliphatic rings. The Morgan fingerprint density at radius 1 is 1.39 bits per heavy atom. The topological polar surface area (TPSA) is 55.8 Å². The minimum absolute atomic E-state index is 0.147. The van der Waals surface area contributed by atoms with Crippen molar-refractivity contribution in [1.29, 1.82) is 0 Å². The van der Waals surface area contributed by atoms with Crippen molar-refractivity contribution in [3.05, 3.63) is 35.4 Å². The van der Waals surface area contributed by atoms with E-state index in [-0.39, 0.29) is 12.2 Å². The Balaban J connectivity index is 2.18. The van der Waals surface area contributed by atoms with Crippen LogP contribution in [0.3, 0.4) is 0 Å². The molecule has 2 rings (SSSR count). The van der Waals surface area contributed by atoms with E-state index in [1.165, 1.54) is 12.1 Å². The largest absolute Gasteiger partial charge is 0.479 e. The van der Waals surface area contributed by atoms with Gasteiger partial charge in [0.2, 0.25) is 0 Å². The molecule has 0 saturated carbocycles. The number of aliphatic carboxylic acids is 1. The van der Waals surface area contributed by atoms with E-state index >= 15 is 0 Å². The molecule has 18 heavy (non-hydrogen) atoms. The number of alkyl halides is 3. The lowest BCUT2D eigenvalue weighted by Gasteiger charge is -2.12.